The van der Waals surface area contributed by atoms with Crippen LogP contribution in [-0.4, -0.2) is 20.5 Å². The SMILES string of the molecule is N#CCCSc1nnc(-c2ccccc2F)n1Cc1ccccc1. The third kappa shape index (κ3) is 3.63. The number of rotatable bonds is 6. The van der Waals surface area contributed by atoms with Crippen molar-refractivity contribution in [2.24, 2.45) is 0 Å². The zero-order valence-electron chi connectivity index (χ0n) is 12.9. The molecule has 3 rings (SSSR count). The first-order valence-electron chi connectivity index (χ1n) is 7.51. The molecule has 4 nitrogen and oxygen atoms in total. The minimum Gasteiger partial charge on any atom is -0.297 e. The molecule has 1 aromatic heterocycles. The molecule has 3 aromatic rings. The van der Waals surface area contributed by atoms with Gasteiger partial charge in [-0.2, -0.15) is 5.26 Å². The van der Waals surface area contributed by atoms with Crippen LogP contribution < -0.4 is 0 Å². The lowest BCUT2D eigenvalue weighted by Gasteiger charge is -2.10. The van der Waals surface area contributed by atoms with Gasteiger partial charge in [0.05, 0.1) is 18.2 Å². The third-order valence-corrected chi connectivity index (χ3v) is 4.43. The van der Waals surface area contributed by atoms with E-state index in [4.69, 9.17) is 5.26 Å². The molecule has 0 bridgehead atoms. The number of halogens is 1. The van der Waals surface area contributed by atoms with Gasteiger partial charge in [-0.1, -0.05) is 54.2 Å². The van der Waals surface area contributed by atoms with E-state index in [-0.39, 0.29) is 5.82 Å². The molecule has 6 heteroatoms. The summed E-state index contributed by atoms with van der Waals surface area (Å²) >= 11 is 1.46. The summed E-state index contributed by atoms with van der Waals surface area (Å²) in [6.07, 6.45) is 0.428. The van der Waals surface area contributed by atoms with Gasteiger partial charge in [0.2, 0.25) is 0 Å². The summed E-state index contributed by atoms with van der Waals surface area (Å²) in [6.45, 7) is 0.548. The number of hydrogen-bond donors (Lipinski definition) is 0. The Morgan fingerprint density at radius 3 is 2.54 bits per heavy atom. The average Bonchev–Trinajstić information content (AvgIpc) is 2.99. The van der Waals surface area contributed by atoms with Crippen molar-refractivity contribution in [1.82, 2.24) is 14.8 Å². The Bertz CT molecular complexity index is 855. The molecule has 0 saturated heterocycles. The Balaban J connectivity index is 1.99. The third-order valence-electron chi connectivity index (χ3n) is 3.46. The maximum atomic E-state index is 14.2. The second-order valence-electron chi connectivity index (χ2n) is 5.11. The van der Waals surface area contributed by atoms with Crippen LogP contribution in [0.5, 0.6) is 0 Å². The van der Waals surface area contributed by atoms with Crippen molar-refractivity contribution in [3.8, 4) is 17.5 Å². The van der Waals surface area contributed by atoms with Crippen LogP contribution in [0.3, 0.4) is 0 Å². The van der Waals surface area contributed by atoms with Gasteiger partial charge < -0.3 is 0 Å². The summed E-state index contributed by atoms with van der Waals surface area (Å²) in [4.78, 5) is 0. The van der Waals surface area contributed by atoms with E-state index in [2.05, 4.69) is 16.3 Å². The highest BCUT2D eigenvalue weighted by Crippen LogP contribution is 2.27. The van der Waals surface area contributed by atoms with Gasteiger partial charge in [0, 0.05) is 12.2 Å². The lowest BCUT2D eigenvalue weighted by molar-refractivity contribution is 0.626. The molecule has 0 amide bonds. The van der Waals surface area contributed by atoms with Crippen LogP contribution in [0.15, 0.2) is 59.8 Å². The monoisotopic (exact) mass is 338 g/mol. The van der Waals surface area contributed by atoms with Crippen LogP contribution in [0.2, 0.25) is 0 Å². The number of thioether (sulfide) groups is 1. The average molecular weight is 338 g/mol. The maximum Gasteiger partial charge on any atom is 0.191 e. The van der Waals surface area contributed by atoms with E-state index in [1.165, 1.54) is 17.8 Å². The Labute approximate surface area is 144 Å². The summed E-state index contributed by atoms with van der Waals surface area (Å²) in [5, 5.41) is 17.8. The van der Waals surface area contributed by atoms with Gasteiger partial charge >= 0.3 is 0 Å². The highest BCUT2D eigenvalue weighted by molar-refractivity contribution is 7.99. The lowest BCUT2D eigenvalue weighted by Crippen LogP contribution is -2.05. The van der Waals surface area contributed by atoms with Crippen LogP contribution >= 0.6 is 11.8 Å². The maximum absolute atomic E-state index is 14.2. The summed E-state index contributed by atoms with van der Waals surface area (Å²) < 4.78 is 16.1. The number of nitrogens with zero attached hydrogens (tertiary/aromatic N) is 4. The molecule has 0 saturated carbocycles. The number of aromatic nitrogens is 3. The molecule has 0 fully saturated rings. The summed E-state index contributed by atoms with van der Waals surface area (Å²) in [6, 6.07) is 18.6. The molecule has 1 heterocycles. The molecule has 0 unspecified atom stereocenters. The highest BCUT2D eigenvalue weighted by atomic mass is 32.2. The topological polar surface area (TPSA) is 54.5 Å². The molecule has 0 aliphatic rings. The molecule has 2 aromatic carbocycles. The van der Waals surface area contributed by atoms with E-state index in [0.717, 1.165) is 5.56 Å². The van der Waals surface area contributed by atoms with Crippen molar-refractivity contribution in [3.63, 3.8) is 0 Å². The van der Waals surface area contributed by atoms with Crippen LogP contribution in [-0.2, 0) is 6.54 Å². The van der Waals surface area contributed by atoms with Crippen LogP contribution in [0.25, 0.3) is 11.4 Å². The minimum absolute atomic E-state index is 0.326. The first kappa shape index (κ1) is 16.2. The molecule has 0 aliphatic carbocycles. The van der Waals surface area contributed by atoms with E-state index in [1.807, 2.05) is 34.9 Å². The van der Waals surface area contributed by atoms with Crippen molar-refractivity contribution in [2.75, 3.05) is 5.75 Å². The van der Waals surface area contributed by atoms with Gasteiger partial charge in [0.25, 0.3) is 0 Å². The first-order valence-corrected chi connectivity index (χ1v) is 8.50. The fourth-order valence-electron chi connectivity index (χ4n) is 2.33. The van der Waals surface area contributed by atoms with E-state index in [0.29, 0.717) is 35.3 Å². The highest BCUT2D eigenvalue weighted by Gasteiger charge is 2.17. The van der Waals surface area contributed by atoms with Gasteiger partial charge in [-0.05, 0) is 17.7 Å². The Morgan fingerprint density at radius 1 is 1.04 bits per heavy atom. The molecule has 120 valence electrons. The summed E-state index contributed by atoms with van der Waals surface area (Å²) in [5.74, 6) is 0.796. The predicted octanol–water partition coefficient (Wildman–Crippen LogP) is 4.14. The fourth-order valence-corrected chi connectivity index (χ4v) is 3.12. The van der Waals surface area contributed by atoms with E-state index in [1.54, 1.807) is 18.2 Å². The molecule has 0 radical (unpaired) electrons. The lowest BCUT2D eigenvalue weighted by atomic mass is 10.2. The van der Waals surface area contributed by atoms with Crippen LogP contribution in [0, 0.1) is 17.1 Å². The molecule has 0 spiro atoms. The van der Waals surface area contributed by atoms with E-state index < -0.39 is 0 Å². The second-order valence-corrected chi connectivity index (χ2v) is 6.18. The van der Waals surface area contributed by atoms with Gasteiger partial charge in [0.1, 0.15) is 5.82 Å². The van der Waals surface area contributed by atoms with Crippen molar-refractivity contribution in [2.45, 2.75) is 18.1 Å². The Morgan fingerprint density at radius 2 is 1.79 bits per heavy atom. The van der Waals surface area contributed by atoms with Gasteiger partial charge in [-0.3, -0.25) is 4.57 Å². The Kier molecular flexibility index (Phi) is 5.24. The molecule has 0 atom stereocenters. The van der Waals surface area contributed by atoms with E-state index in [9.17, 15) is 4.39 Å². The van der Waals surface area contributed by atoms with Crippen molar-refractivity contribution < 1.29 is 4.39 Å². The quantitative estimate of drug-likeness (QED) is 0.501. The fraction of sp³-hybridized carbons (Fsp3) is 0.167. The van der Waals surface area contributed by atoms with E-state index >= 15 is 0 Å². The normalized spacial score (nSPS) is 10.5. The van der Waals surface area contributed by atoms with Crippen molar-refractivity contribution in [1.29, 1.82) is 5.26 Å². The standard InChI is InChI=1S/C18H15FN4S/c19-16-10-5-4-9-15(16)17-21-22-18(24-12-6-11-20)23(17)13-14-7-2-1-3-8-14/h1-5,7-10H,6,12-13H2. The predicted molar refractivity (Wildman–Crippen MR) is 91.9 cm³/mol. The molecular weight excluding hydrogens is 323 g/mol. The zero-order valence-corrected chi connectivity index (χ0v) is 13.7. The largest absolute Gasteiger partial charge is 0.297 e. The zero-order chi connectivity index (χ0) is 16.8. The van der Waals surface area contributed by atoms with Gasteiger partial charge in [-0.15, -0.1) is 10.2 Å². The molecule has 0 aliphatic heterocycles. The summed E-state index contributed by atoms with van der Waals surface area (Å²) in [5.41, 5.74) is 1.50. The molecular formula is C18H15FN4S. The number of nitriles is 1. The second kappa shape index (κ2) is 7.75. The van der Waals surface area contributed by atoms with Crippen molar-refractivity contribution in [3.05, 3.63) is 66.0 Å². The number of hydrogen-bond acceptors (Lipinski definition) is 4. The first-order chi connectivity index (χ1) is 11.8. The Hall–Kier alpha value is -2.65. The van der Waals surface area contributed by atoms with Crippen LogP contribution in [0.4, 0.5) is 4.39 Å². The smallest absolute Gasteiger partial charge is 0.191 e. The summed E-state index contributed by atoms with van der Waals surface area (Å²) in [7, 11) is 0. The molecule has 24 heavy (non-hydrogen) atoms. The van der Waals surface area contributed by atoms with Crippen molar-refractivity contribution >= 4 is 11.8 Å². The number of benzene rings is 2. The van der Waals surface area contributed by atoms with Gasteiger partial charge in [-0.25, -0.2) is 4.39 Å². The minimum atomic E-state index is -0.326. The molecule has 0 N–H and O–H groups in total. The van der Waals surface area contributed by atoms with Gasteiger partial charge in [0.15, 0.2) is 11.0 Å². The van der Waals surface area contributed by atoms with Crippen LogP contribution in [0.1, 0.15) is 12.0 Å².